The first kappa shape index (κ1) is 9.00. The van der Waals surface area contributed by atoms with Crippen molar-refractivity contribution in [2.75, 3.05) is 0 Å². The zero-order valence-corrected chi connectivity index (χ0v) is 9.19. The van der Waals surface area contributed by atoms with E-state index in [1.807, 2.05) is 0 Å². The average molecular weight is 196 g/mol. The van der Waals surface area contributed by atoms with Gasteiger partial charge >= 0.3 is 0 Å². The highest BCUT2D eigenvalue weighted by atomic mass is 32.1. The number of hydrogen-bond acceptors (Lipinski definition) is 1. The van der Waals surface area contributed by atoms with E-state index in [4.69, 9.17) is 12.2 Å². The van der Waals surface area contributed by atoms with Crippen molar-refractivity contribution in [3.8, 4) is 0 Å². The molecular formula is C10H16N2S. The molecule has 0 amide bonds. The van der Waals surface area contributed by atoms with Gasteiger partial charge in [0.1, 0.15) is 0 Å². The second-order valence-electron chi connectivity index (χ2n) is 4.32. The van der Waals surface area contributed by atoms with Gasteiger partial charge in [0.2, 0.25) is 0 Å². The molecule has 0 bridgehead atoms. The predicted molar refractivity (Wildman–Crippen MR) is 56.5 cm³/mol. The largest absolute Gasteiger partial charge is 0.337 e. The maximum absolute atomic E-state index is 5.27. The van der Waals surface area contributed by atoms with Crippen molar-refractivity contribution < 1.29 is 0 Å². The second-order valence-corrected chi connectivity index (χ2v) is 4.71. The predicted octanol–water partition coefficient (Wildman–Crippen LogP) is 3.25. The second kappa shape index (κ2) is 2.98. The molecule has 1 aromatic rings. The van der Waals surface area contributed by atoms with Crippen molar-refractivity contribution in [3.63, 3.8) is 0 Å². The lowest BCUT2D eigenvalue weighted by atomic mass is 10.1. The van der Waals surface area contributed by atoms with Gasteiger partial charge in [0.25, 0.3) is 0 Å². The average Bonchev–Trinajstić information content (AvgIpc) is 2.60. The van der Waals surface area contributed by atoms with Crippen molar-refractivity contribution in [1.82, 2.24) is 9.55 Å². The molecule has 1 fully saturated rings. The minimum Gasteiger partial charge on any atom is -0.337 e. The van der Waals surface area contributed by atoms with Crippen LogP contribution in [0.5, 0.6) is 0 Å². The lowest BCUT2D eigenvalue weighted by molar-refractivity contribution is 0.618. The van der Waals surface area contributed by atoms with Crippen molar-refractivity contribution in [2.45, 2.75) is 39.2 Å². The quantitative estimate of drug-likeness (QED) is 0.720. The van der Waals surface area contributed by atoms with Gasteiger partial charge in [-0.2, -0.15) is 0 Å². The molecule has 2 unspecified atom stereocenters. The normalized spacial score (nSPS) is 26.8. The molecule has 1 heterocycles. The monoisotopic (exact) mass is 196 g/mol. The van der Waals surface area contributed by atoms with Gasteiger partial charge in [-0.15, -0.1) is 0 Å². The molecule has 0 saturated heterocycles. The van der Waals surface area contributed by atoms with Gasteiger partial charge in [0.15, 0.2) is 4.77 Å². The summed E-state index contributed by atoms with van der Waals surface area (Å²) in [4.78, 5) is 3.14. The lowest BCUT2D eigenvalue weighted by Crippen LogP contribution is -2.03. The summed E-state index contributed by atoms with van der Waals surface area (Å²) in [5.74, 6) is 1.36. The number of nitrogens with zero attached hydrogens (tertiary/aromatic N) is 1. The van der Waals surface area contributed by atoms with Gasteiger partial charge in [-0.25, -0.2) is 0 Å². The van der Waals surface area contributed by atoms with Crippen LogP contribution in [0.4, 0.5) is 0 Å². The molecule has 1 N–H and O–H groups in total. The molecule has 0 radical (unpaired) electrons. The molecule has 1 aromatic heterocycles. The number of H-pyrrole nitrogens is 1. The third kappa shape index (κ3) is 1.46. The highest BCUT2D eigenvalue weighted by Gasteiger charge is 2.36. The van der Waals surface area contributed by atoms with Crippen LogP contribution in [-0.2, 0) is 0 Å². The molecule has 0 spiro atoms. The van der Waals surface area contributed by atoms with E-state index >= 15 is 0 Å². The Morgan fingerprint density at radius 3 is 2.69 bits per heavy atom. The zero-order chi connectivity index (χ0) is 9.59. The van der Waals surface area contributed by atoms with Crippen LogP contribution in [-0.4, -0.2) is 9.55 Å². The van der Waals surface area contributed by atoms with E-state index < -0.39 is 0 Å². The standard InChI is InChI=1S/C10H16N2S/c1-6(2)9-5-11-10(13)12(9)8-4-7(8)3/h5-8H,4H2,1-3H3,(H,11,13). The Morgan fingerprint density at radius 2 is 2.23 bits per heavy atom. The number of aromatic nitrogens is 2. The summed E-state index contributed by atoms with van der Waals surface area (Å²) in [5, 5.41) is 0. The van der Waals surface area contributed by atoms with Gasteiger partial charge < -0.3 is 9.55 Å². The maximum Gasteiger partial charge on any atom is 0.177 e. The molecule has 1 aliphatic rings. The minimum absolute atomic E-state index is 0.556. The first-order valence-electron chi connectivity index (χ1n) is 4.91. The Labute approximate surface area is 84.0 Å². The molecule has 72 valence electrons. The topological polar surface area (TPSA) is 20.7 Å². The summed E-state index contributed by atoms with van der Waals surface area (Å²) in [7, 11) is 0. The Bertz CT molecular complexity index is 361. The molecule has 2 rings (SSSR count). The van der Waals surface area contributed by atoms with E-state index in [-0.39, 0.29) is 0 Å². The number of nitrogens with one attached hydrogen (secondary N) is 1. The number of aromatic amines is 1. The molecule has 0 aromatic carbocycles. The summed E-state index contributed by atoms with van der Waals surface area (Å²) in [6, 6.07) is 0.663. The van der Waals surface area contributed by atoms with Crippen LogP contribution < -0.4 is 0 Å². The smallest absolute Gasteiger partial charge is 0.177 e. The van der Waals surface area contributed by atoms with E-state index in [9.17, 15) is 0 Å². The van der Waals surface area contributed by atoms with E-state index in [1.54, 1.807) is 0 Å². The highest BCUT2D eigenvalue weighted by Crippen LogP contribution is 2.44. The molecule has 0 aliphatic heterocycles. The molecule has 13 heavy (non-hydrogen) atoms. The lowest BCUT2D eigenvalue weighted by Gasteiger charge is -2.09. The summed E-state index contributed by atoms with van der Waals surface area (Å²) in [6.07, 6.45) is 3.34. The summed E-state index contributed by atoms with van der Waals surface area (Å²) >= 11 is 5.27. The fourth-order valence-corrected chi connectivity index (χ4v) is 2.14. The van der Waals surface area contributed by atoms with E-state index in [1.165, 1.54) is 12.1 Å². The third-order valence-corrected chi connectivity index (χ3v) is 3.15. The first-order valence-corrected chi connectivity index (χ1v) is 5.32. The van der Waals surface area contributed by atoms with E-state index in [2.05, 4.69) is 36.5 Å². The summed E-state index contributed by atoms with van der Waals surface area (Å²) < 4.78 is 3.18. The minimum atomic E-state index is 0.556. The van der Waals surface area contributed by atoms with Crippen molar-refractivity contribution in [1.29, 1.82) is 0 Å². The fraction of sp³-hybridized carbons (Fsp3) is 0.700. The third-order valence-electron chi connectivity index (χ3n) is 2.83. The van der Waals surface area contributed by atoms with Crippen LogP contribution in [0.25, 0.3) is 0 Å². The number of imidazole rings is 1. The van der Waals surface area contributed by atoms with E-state index in [0.717, 1.165) is 10.7 Å². The van der Waals surface area contributed by atoms with Crippen LogP contribution in [0.2, 0.25) is 0 Å². The van der Waals surface area contributed by atoms with E-state index in [0.29, 0.717) is 12.0 Å². The van der Waals surface area contributed by atoms with Crippen LogP contribution in [0, 0.1) is 10.7 Å². The Kier molecular flexibility index (Phi) is 2.06. The van der Waals surface area contributed by atoms with Gasteiger partial charge in [-0.1, -0.05) is 20.8 Å². The molecule has 2 atom stereocenters. The van der Waals surface area contributed by atoms with Gasteiger partial charge in [-0.05, 0) is 30.5 Å². The number of hydrogen-bond donors (Lipinski definition) is 1. The first-order chi connectivity index (χ1) is 6.11. The summed E-state index contributed by atoms with van der Waals surface area (Å²) in [6.45, 7) is 6.70. The van der Waals surface area contributed by atoms with Crippen LogP contribution in [0.15, 0.2) is 6.20 Å². The van der Waals surface area contributed by atoms with Crippen LogP contribution >= 0.6 is 12.2 Å². The summed E-state index contributed by atoms with van der Waals surface area (Å²) in [5.41, 5.74) is 1.35. The van der Waals surface area contributed by atoms with Crippen LogP contribution in [0.1, 0.15) is 44.8 Å². The Hall–Kier alpha value is -0.570. The van der Waals surface area contributed by atoms with Crippen LogP contribution in [0.3, 0.4) is 0 Å². The molecule has 1 aliphatic carbocycles. The Morgan fingerprint density at radius 1 is 1.62 bits per heavy atom. The van der Waals surface area contributed by atoms with Crippen molar-refractivity contribution in [2.24, 2.45) is 5.92 Å². The van der Waals surface area contributed by atoms with Gasteiger partial charge in [0.05, 0.1) is 0 Å². The SMILES string of the molecule is CC(C)c1c[nH]c(=S)n1C1CC1C. The van der Waals surface area contributed by atoms with Gasteiger partial charge in [-0.3, -0.25) is 0 Å². The molecule has 2 nitrogen and oxygen atoms in total. The maximum atomic E-state index is 5.27. The highest BCUT2D eigenvalue weighted by molar-refractivity contribution is 7.71. The fourth-order valence-electron chi connectivity index (χ4n) is 1.84. The van der Waals surface area contributed by atoms with Crippen molar-refractivity contribution in [3.05, 3.63) is 16.7 Å². The van der Waals surface area contributed by atoms with Crippen molar-refractivity contribution >= 4 is 12.2 Å². The molecular weight excluding hydrogens is 180 g/mol. The zero-order valence-electron chi connectivity index (χ0n) is 8.37. The molecule has 1 saturated carbocycles. The Balaban J connectivity index is 2.42. The number of rotatable bonds is 2. The van der Waals surface area contributed by atoms with Gasteiger partial charge in [0, 0.05) is 17.9 Å². The molecule has 3 heteroatoms.